The molecule has 1 saturated heterocycles. The number of nitrogens with zero attached hydrogens (tertiary/aromatic N) is 11. The van der Waals surface area contributed by atoms with Gasteiger partial charge in [-0.2, -0.15) is 10.5 Å². The Morgan fingerprint density at radius 3 is 1.78 bits per heavy atom. The molecule has 1 aliphatic heterocycles. The van der Waals surface area contributed by atoms with Gasteiger partial charge in [0.1, 0.15) is 23.8 Å². The summed E-state index contributed by atoms with van der Waals surface area (Å²) in [5, 5.41) is 17.8. The van der Waals surface area contributed by atoms with E-state index in [-0.39, 0.29) is 49.7 Å². The van der Waals surface area contributed by atoms with Crippen molar-refractivity contribution in [1.82, 2.24) is 38.9 Å². The van der Waals surface area contributed by atoms with Crippen LogP contribution in [0, 0.1) is 22.7 Å². The van der Waals surface area contributed by atoms with Crippen molar-refractivity contribution in [1.29, 1.82) is 10.5 Å². The third-order valence-corrected chi connectivity index (χ3v) is 7.38. The van der Waals surface area contributed by atoms with Crippen LogP contribution in [0.5, 0.6) is 11.8 Å². The van der Waals surface area contributed by atoms with Gasteiger partial charge in [0, 0.05) is 53.5 Å². The first kappa shape index (κ1) is 46.5. The number of carbonyl (C=O) groups excluding carboxylic acids is 2. The van der Waals surface area contributed by atoms with Crippen LogP contribution in [0.2, 0.25) is 0 Å². The number of thiol groups is 1. The summed E-state index contributed by atoms with van der Waals surface area (Å²) in [7, 11) is 11.0. The molecule has 1 aliphatic rings. The molecule has 0 spiro atoms. The van der Waals surface area contributed by atoms with Crippen molar-refractivity contribution >= 4 is 59.8 Å². The van der Waals surface area contributed by atoms with Crippen LogP contribution in [-0.2, 0) is 27.4 Å². The Bertz CT molecular complexity index is 1880. The number of likely N-dealkylation sites (N-methyl/N-ethyl adjacent to an activating group) is 2. The Kier molecular flexibility index (Phi) is 21.3. The Morgan fingerprint density at radius 2 is 1.39 bits per heavy atom. The van der Waals surface area contributed by atoms with Crippen LogP contribution in [0.15, 0.2) is 51.8 Å². The topological polar surface area (TPSA) is 242 Å². The van der Waals surface area contributed by atoms with Crippen molar-refractivity contribution < 1.29 is 23.8 Å². The van der Waals surface area contributed by atoms with Crippen LogP contribution in [0.4, 0.5) is 11.6 Å². The second-order valence-corrected chi connectivity index (χ2v) is 12.0. The van der Waals surface area contributed by atoms with Crippen molar-refractivity contribution in [2.45, 2.75) is 33.4 Å². The number of carbonyl (C=O) groups is 2. The molecule has 4 aromatic rings. The average molecular weight is 826 g/mol. The van der Waals surface area contributed by atoms with Gasteiger partial charge in [0.25, 0.3) is 11.8 Å². The van der Waals surface area contributed by atoms with Crippen molar-refractivity contribution in [2.75, 3.05) is 66.1 Å². The first-order valence-corrected chi connectivity index (χ1v) is 16.9. The van der Waals surface area contributed by atoms with Crippen LogP contribution in [0.25, 0.3) is 0 Å². The maximum atomic E-state index is 11.5. The van der Waals surface area contributed by atoms with Gasteiger partial charge in [-0.05, 0) is 40.9 Å². The Hall–Kier alpha value is -5.51. The number of nitrogens with two attached hydrogens (primary N) is 2. The van der Waals surface area contributed by atoms with Gasteiger partial charge in [0.15, 0.2) is 29.3 Å². The molecule has 0 atom stereocenters. The van der Waals surface area contributed by atoms with Crippen LogP contribution in [0.3, 0.4) is 0 Å². The summed E-state index contributed by atoms with van der Waals surface area (Å²) in [6, 6.07) is 14.3. The van der Waals surface area contributed by atoms with E-state index in [0.717, 1.165) is 13.2 Å². The molecule has 287 valence electrons. The van der Waals surface area contributed by atoms with Gasteiger partial charge in [0.05, 0.1) is 30.8 Å². The summed E-state index contributed by atoms with van der Waals surface area (Å²) in [4.78, 5) is 42.4. The maximum absolute atomic E-state index is 11.5. The first-order valence-electron chi connectivity index (χ1n) is 15.7. The zero-order valence-corrected chi connectivity index (χ0v) is 32.2. The van der Waals surface area contributed by atoms with Crippen molar-refractivity contribution in [3.05, 3.63) is 70.2 Å². The fourth-order valence-corrected chi connectivity index (χ4v) is 4.40. The number of halogens is 1. The third kappa shape index (κ3) is 15.6. The van der Waals surface area contributed by atoms with Gasteiger partial charge < -0.3 is 40.0 Å². The first-order chi connectivity index (χ1) is 25.3. The van der Waals surface area contributed by atoms with Crippen LogP contribution >= 0.6 is 28.7 Å². The molecule has 0 aromatic carbocycles. The van der Waals surface area contributed by atoms with E-state index in [2.05, 4.69) is 60.6 Å². The van der Waals surface area contributed by atoms with E-state index >= 15 is 0 Å². The van der Waals surface area contributed by atoms with E-state index in [9.17, 15) is 9.59 Å². The van der Waals surface area contributed by atoms with E-state index in [0.29, 0.717) is 46.8 Å². The molecule has 4 aromatic heterocycles. The zero-order chi connectivity index (χ0) is 39.3. The standard InChI is InChI=1S/C14H15BrN6O2.C14H16N6O2.C4H8O.CH4.BHNS/c1-20(2)12(22)8-23-11-5-3-4-9(18-11)7-21-13(17)10(6-16)19-14(21)15;1-19(2)13(21)8-22-12-5-3-4-10(18-12)7-20-9-17-11(6-15)14(20)16;1-2-4-5-3-1;;1-2-3/h3-5H,7-8,17H2,1-2H3;3-5,9H,7-8,16H2,1-2H3;1-4H2;1H4;3H. The number of anilines is 2. The number of rotatable bonds is 10. The molecule has 18 nitrogen and oxygen atoms in total. The molecule has 4 N–H and O–H groups in total. The minimum absolute atomic E-state index is 0. The molecule has 0 unspecified atom stereocenters. The van der Waals surface area contributed by atoms with Gasteiger partial charge in [-0.3, -0.25) is 14.2 Å². The fraction of sp³-hybridized carbons (Fsp3) is 0.394. The number of amides is 2. The van der Waals surface area contributed by atoms with E-state index in [1.165, 1.54) is 29.0 Å². The molecular weight excluding hydrogens is 781 g/mol. The van der Waals surface area contributed by atoms with E-state index in [1.54, 1.807) is 73.7 Å². The number of nitrogen functional groups attached to an aromatic ring is 2. The van der Waals surface area contributed by atoms with Gasteiger partial charge in [0.2, 0.25) is 11.8 Å². The fourth-order valence-electron chi connectivity index (χ4n) is 3.90. The van der Waals surface area contributed by atoms with Crippen LogP contribution in [0.1, 0.15) is 43.0 Å². The quantitative estimate of drug-likeness (QED) is 0.154. The minimum atomic E-state index is -0.155. The summed E-state index contributed by atoms with van der Waals surface area (Å²) >= 11 is 6.45. The molecular formula is C33H44BBrN13O5S. The monoisotopic (exact) mass is 824 g/mol. The normalized spacial score (nSPS) is 10.9. The van der Waals surface area contributed by atoms with Gasteiger partial charge >= 0.3 is 24.8 Å². The predicted molar refractivity (Wildman–Crippen MR) is 209 cm³/mol. The van der Waals surface area contributed by atoms with E-state index in [1.807, 2.05) is 12.1 Å². The summed E-state index contributed by atoms with van der Waals surface area (Å²) in [5.74, 6) is 0.941. The molecule has 54 heavy (non-hydrogen) atoms. The number of hydrogen-bond acceptors (Lipinski definition) is 15. The summed E-state index contributed by atoms with van der Waals surface area (Å²) < 4.78 is 22.1. The number of ether oxygens (including phenoxy) is 3. The van der Waals surface area contributed by atoms with Crippen molar-refractivity contribution in [3.8, 4) is 23.9 Å². The number of nitriles is 2. The molecule has 5 rings (SSSR count). The summed E-state index contributed by atoms with van der Waals surface area (Å²) in [6.07, 6.45) is 4.04. The number of pyridine rings is 2. The SMILES string of the molecule is C.C1CCOC1.CN(C)C(=O)COc1cccc(Cn2c(Br)nc(C#N)c2N)n1.CN(C)C(=O)COc1cccc(Cn2cnc(C#N)c2N)n1.[B]=NS. The Morgan fingerprint density at radius 1 is 0.907 bits per heavy atom. The average Bonchev–Trinajstić information content (AvgIpc) is 3.90. The van der Waals surface area contributed by atoms with E-state index in [4.69, 9.17) is 36.2 Å². The molecule has 2 amide bonds. The molecule has 21 heteroatoms. The van der Waals surface area contributed by atoms with Gasteiger partial charge in [-0.1, -0.05) is 19.6 Å². The van der Waals surface area contributed by atoms with Crippen LogP contribution < -0.4 is 20.9 Å². The summed E-state index contributed by atoms with van der Waals surface area (Å²) in [6.45, 7) is 2.52. The summed E-state index contributed by atoms with van der Waals surface area (Å²) in [5.41, 5.74) is 13.4. The number of aromatic nitrogens is 6. The molecule has 0 saturated carbocycles. The molecule has 5 heterocycles. The molecule has 0 aliphatic carbocycles. The number of imidazole rings is 2. The second-order valence-electron chi connectivity index (χ2n) is 11.1. The van der Waals surface area contributed by atoms with Crippen molar-refractivity contribution in [2.24, 2.45) is 4.30 Å². The number of hydrogen-bond donors (Lipinski definition) is 3. The van der Waals surface area contributed by atoms with E-state index < -0.39 is 0 Å². The zero-order valence-electron chi connectivity index (χ0n) is 29.7. The predicted octanol–water partition coefficient (Wildman–Crippen LogP) is 2.87. The molecule has 1 radical (unpaired) electrons. The van der Waals surface area contributed by atoms with Crippen molar-refractivity contribution in [3.63, 3.8) is 0 Å². The second kappa shape index (κ2) is 24.7. The molecule has 1 fully saturated rings. The third-order valence-electron chi connectivity index (χ3n) is 6.78. The van der Waals surface area contributed by atoms with Gasteiger partial charge in [-0.15, -0.1) is 0 Å². The Balaban J connectivity index is 0.000000441. The molecule has 0 bridgehead atoms. The van der Waals surface area contributed by atoms with Gasteiger partial charge in [-0.25, -0.2) is 19.9 Å². The van der Waals surface area contributed by atoms with Crippen LogP contribution in [-0.4, -0.2) is 113 Å². The Labute approximate surface area is 329 Å².